The molecule has 2 rings (SSSR count). The highest BCUT2D eigenvalue weighted by molar-refractivity contribution is 5.78. The summed E-state index contributed by atoms with van der Waals surface area (Å²) in [6.45, 7) is 2.91. The number of carbonyl (C=O) groups excluding carboxylic acids is 1. The first kappa shape index (κ1) is 10.9. The molecule has 2 heterocycles. The molecular weight excluding hydrogens is 204 g/mol. The molecule has 0 saturated carbocycles. The molecule has 0 bridgehead atoms. The van der Waals surface area contributed by atoms with Crippen LogP contribution in [0.1, 0.15) is 12.0 Å². The number of rotatable bonds is 2. The van der Waals surface area contributed by atoms with Gasteiger partial charge in [-0.15, -0.1) is 0 Å². The molecule has 5 nitrogen and oxygen atoms in total. The van der Waals surface area contributed by atoms with Gasteiger partial charge in [-0.2, -0.15) is 0 Å². The van der Waals surface area contributed by atoms with E-state index >= 15 is 0 Å². The third kappa shape index (κ3) is 2.93. The number of pyridine rings is 1. The summed E-state index contributed by atoms with van der Waals surface area (Å²) in [5.41, 5.74) is 6.71. The van der Waals surface area contributed by atoms with Gasteiger partial charge in [0, 0.05) is 25.8 Å². The maximum Gasteiger partial charge on any atom is 0.234 e. The molecule has 0 aliphatic carbocycles. The average Bonchev–Trinajstić information content (AvgIpc) is 2.43. The van der Waals surface area contributed by atoms with Gasteiger partial charge in [-0.05, 0) is 24.1 Å². The Hall–Kier alpha value is -1.62. The van der Waals surface area contributed by atoms with Crippen molar-refractivity contribution >= 4 is 11.7 Å². The molecule has 0 unspecified atom stereocenters. The van der Waals surface area contributed by atoms with Crippen LogP contribution in [-0.2, 0) is 11.3 Å². The molecule has 1 saturated heterocycles. The van der Waals surface area contributed by atoms with E-state index in [1.54, 1.807) is 6.20 Å². The maximum atomic E-state index is 11.4. The van der Waals surface area contributed by atoms with E-state index in [2.05, 4.69) is 15.2 Å². The molecular formula is C11H16N4O. The van der Waals surface area contributed by atoms with Gasteiger partial charge in [0.2, 0.25) is 5.91 Å². The van der Waals surface area contributed by atoms with Crippen LogP contribution < -0.4 is 11.1 Å². The standard InChI is InChI=1S/C11H16N4O/c12-10-6-9(2-4-13-10)7-15-5-1-3-14-11(16)8-15/h2,4,6H,1,3,5,7-8H2,(H2,12,13)(H,14,16). The van der Waals surface area contributed by atoms with Crippen LogP contribution in [0.5, 0.6) is 0 Å². The Kier molecular flexibility index (Phi) is 3.36. The molecule has 86 valence electrons. The summed E-state index contributed by atoms with van der Waals surface area (Å²) in [6.07, 6.45) is 2.69. The smallest absolute Gasteiger partial charge is 0.234 e. The number of nitrogens with two attached hydrogens (primary N) is 1. The quantitative estimate of drug-likeness (QED) is 0.735. The van der Waals surface area contributed by atoms with Crippen LogP contribution >= 0.6 is 0 Å². The van der Waals surface area contributed by atoms with Crippen LogP contribution in [0, 0.1) is 0 Å². The van der Waals surface area contributed by atoms with E-state index in [1.165, 1.54) is 0 Å². The van der Waals surface area contributed by atoms with Crippen LogP contribution in [0.3, 0.4) is 0 Å². The van der Waals surface area contributed by atoms with Gasteiger partial charge < -0.3 is 11.1 Å². The molecule has 16 heavy (non-hydrogen) atoms. The van der Waals surface area contributed by atoms with Gasteiger partial charge in [-0.1, -0.05) is 0 Å². The third-order valence-electron chi connectivity index (χ3n) is 2.59. The highest BCUT2D eigenvalue weighted by atomic mass is 16.2. The van der Waals surface area contributed by atoms with Crippen molar-refractivity contribution in [1.82, 2.24) is 15.2 Å². The van der Waals surface area contributed by atoms with E-state index in [9.17, 15) is 4.79 Å². The van der Waals surface area contributed by atoms with Crippen molar-refractivity contribution in [3.8, 4) is 0 Å². The Morgan fingerprint density at radius 1 is 1.56 bits per heavy atom. The third-order valence-corrected chi connectivity index (χ3v) is 2.59. The molecule has 1 fully saturated rings. The number of carbonyl (C=O) groups is 1. The number of nitrogens with one attached hydrogen (secondary N) is 1. The van der Waals surface area contributed by atoms with E-state index in [-0.39, 0.29) is 5.91 Å². The number of nitrogen functional groups attached to an aromatic ring is 1. The summed E-state index contributed by atoms with van der Waals surface area (Å²) < 4.78 is 0. The van der Waals surface area contributed by atoms with Gasteiger partial charge in [-0.3, -0.25) is 9.69 Å². The van der Waals surface area contributed by atoms with E-state index in [1.807, 2.05) is 12.1 Å². The lowest BCUT2D eigenvalue weighted by Crippen LogP contribution is -2.32. The van der Waals surface area contributed by atoms with Gasteiger partial charge in [0.05, 0.1) is 6.54 Å². The van der Waals surface area contributed by atoms with E-state index < -0.39 is 0 Å². The average molecular weight is 220 g/mol. The zero-order chi connectivity index (χ0) is 11.4. The minimum Gasteiger partial charge on any atom is -0.384 e. The normalized spacial score (nSPS) is 17.9. The first-order chi connectivity index (χ1) is 7.74. The first-order valence-corrected chi connectivity index (χ1v) is 5.43. The van der Waals surface area contributed by atoms with Gasteiger partial charge in [-0.25, -0.2) is 4.98 Å². The molecule has 1 aliphatic heterocycles. The van der Waals surface area contributed by atoms with E-state index in [0.29, 0.717) is 12.4 Å². The van der Waals surface area contributed by atoms with Crippen LogP contribution in [-0.4, -0.2) is 35.4 Å². The minimum absolute atomic E-state index is 0.0968. The molecule has 3 N–H and O–H groups in total. The number of nitrogens with zero attached hydrogens (tertiary/aromatic N) is 2. The van der Waals surface area contributed by atoms with E-state index in [0.717, 1.165) is 31.6 Å². The van der Waals surface area contributed by atoms with Crippen LogP contribution in [0.15, 0.2) is 18.3 Å². The highest BCUT2D eigenvalue weighted by Gasteiger charge is 2.14. The molecule has 1 aromatic rings. The Morgan fingerprint density at radius 2 is 2.44 bits per heavy atom. The molecule has 1 aromatic heterocycles. The molecule has 0 radical (unpaired) electrons. The predicted molar refractivity (Wildman–Crippen MR) is 61.6 cm³/mol. The lowest BCUT2D eigenvalue weighted by atomic mass is 10.2. The Balaban J connectivity index is 2.00. The molecule has 0 spiro atoms. The summed E-state index contributed by atoms with van der Waals surface area (Å²) in [5.74, 6) is 0.622. The number of aromatic nitrogens is 1. The number of anilines is 1. The fraction of sp³-hybridized carbons (Fsp3) is 0.455. The summed E-state index contributed by atoms with van der Waals surface area (Å²) in [5, 5.41) is 2.85. The lowest BCUT2D eigenvalue weighted by Gasteiger charge is -2.18. The molecule has 1 amide bonds. The second-order valence-electron chi connectivity index (χ2n) is 4.00. The number of amides is 1. The Morgan fingerprint density at radius 3 is 3.25 bits per heavy atom. The lowest BCUT2D eigenvalue weighted by molar-refractivity contribution is -0.121. The molecule has 0 aromatic carbocycles. The zero-order valence-electron chi connectivity index (χ0n) is 9.15. The van der Waals surface area contributed by atoms with Crippen molar-refractivity contribution in [1.29, 1.82) is 0 Å². The summed E-state index contributed by atoms with van der Waals surface area (Å²) in [4.78, 5) is 17.4. The largest absolute Gasteiger partial charge is 0.384 e. The van der Waals surface area contributed by atoms with Gasteiger partial charge in [0.15, 0.2) is 0 Å². The van der Waals surface area contributed by atoms with Crippen molar-refractivity contribution in [2.45, 2.75) is 13.0 Å². The summed E-state index contributed by atoms with van der Waals surface area (Å²) in [7, 11) is 0. The van der Waals surface area contributed by atoms with Crippen molar-refractivity contribution in [2.24, 2.45) is 0 Å². The van der Waals surface area contributed by atoms with E-state index in [4.69, 9.17) is 5.73 Å². The maximum absolute atomic E-state index is 11.4. The van der Waals surface area contributed by atoms with Crippen molar-refractivity contribution < 1.29 is 4.79 Å². The Labute approximate surface area is 94.6 Å². The summed E-state index contributed by atoms with van der Waals surface area (Å²) >= 11 is 0. The fourth-order valence-corrected chi connectivity index (χ4v) is 1.85. The Bertz CT molecular complexity index is 380. The number of hydrogen-bond acceptors (Lipinski definition) is 4. The topological polar surface area (TPSA) is 71.2 Å². The van der Waals surface area contributed by atoms with Gasteiger partial charge in [0.25, 0.3) is 0 Å². The van der Waals surface area contributed by atoms with Crippen LogP contribution in [0.4, 0.5) is 5.82 Å². The van der Waals surface area contributed by atoms with Crippen molar-refractivity contribution in [3.05, 3.63) is 23.9 Å². The van der Waals surface area contributed by atoms with Crippen molar-refractivity contribution in [2.75, 3.05) is 25.4 Å². The zero-order valence-corrected chi connectivity index (χ0v) is 9.15. The van der Waals surface area contributed by atoms with Gasteiger partial charge >= 0.3 is 0 Å². The molecule has 0 atom stereocenters. The van der Waals surface area contributed by atoms with Crippen LogP contribution in [0.2, 0.25) is 0 Å². The van der Waals surface area contributed by atoms with Crippen LogP contribution in [0.25, 0.3) is 0 Å². The number of hydrogen-bond donors (Lipinski definition) is 2. The predicted octanol–water partition coefficient (Wildman–Crippen LogP) is -0.0143. The molecule has 5 heteroatoms. The molecule has 1 aliphatic rings. The second-order valence-corrected chi connectivity index (χ2v) is 4.00. The summed E-state index contributed by atoms with van der Waals surface area (Å²) in [6, 6.07) is 3.78. The monoisotopic (exact) mass is 220 g/mol. The fourth-order valence-electron chi connectivity index (χ4n) is 1.85. The second kappa shape index (κ2) is 4.94. The van der Waals surface area contributed by atoms with Crippen molar-refractivity contribution in [3.63, 3.8) is 0 Å². The minimum atomic E-state index is 0.0968. The van der Waals surface area contributed by atoms with Gasteiger partial charge in [0.1, 0.15) is 5.82 Å². The SMILES string of the molecule is Nc1cc(CN2CCCNC(=O)C2)ccn1. The first-order valence-electron chi connectivity index (χ1n) is 5.43. The highest BCUT2D eigenvalue weighted by Crippen LogP contribution is 2.08.